The molecule has 0 spiro atoms. The Hall–Kier alpha value is -1.86. The number of hydrogen-bond donors (Lipinski definition) is 0. The molecule has 1 aliphatic heterocycles. The fraction of sp³-hybridized carbons (Fsp3) is 0.333. The van der Waals surface area contributed by atoms with Crippen LogP contribution >= 0.6 is 0 Å². The number of fused-ring (bicyclic) bond motifs is 3. The summed E-state index contributed by atoms with van der Waals surface area (Å²) in [6.45, 7) is 7.53. The second kappa shape index (κ2) is 5.31. The van der Waals surface area contributed by atoms with Crippen LogP contribution in [-0.2, 0) is 0 Å². The minimum atomic E-state index is -1.16. The highest BCUT2D eigenvalue weighted by Crippen LogP contribution is 2.63. The number of rotatable bonds is 4. The molecule has 0 bridgehead atoms. The molecular weight excluding hydrogens is 316 g/mol. The lowest BCUT2D eigenvalue weighted by molar-refractivity contribution is 0.458. The van der Waals surface area contributed by atoms with Crippen molar-refractivity contribution in [2.24, 2.45) is 5.92 Å². The summed E-state index contributed by atoms with van der Waals surface area (Å²) in [5.74, 6) is 2.03. The predicted octanol–water partition coefficient (Wildman–Crippen LogP) is 6.56. The van der Waals surface area contributed by atoms with Gasteiger partial charge in [-0.1, -0.05) is 91.1 Å². The Bertz CT molecular complexity index is 915. The Morgan fingerprint density at radius 3 is 2.52 bits per heavy atom. The Balaban J connectivity index is 1.34. The van der Waals surface area contributed by atoms with Crippen molar-refractivity contribution >= 4 is 19.3 Å². The van der Waals surface area contributed by atoms with Crippen molar-refractivity contribution in [3.8, 4) is 0 Å². The maximum absolute atomic E-state index is 2.54. The van der Waals surface area contributed by atoms with Gasteiger partial charge in [-0.3, -0.25) is 0 Å². The summed E-state index contributed by atoms with van der Waals surface area (Å²) in [6, 6.07) is 18.1. The van der Waals surface area contributed by atoms with Crippen LogP contribution in [0.15, 0.2) is 59.8 Å². The first-order valence-electron chi connectivity index (χ1n) is 9.70. The van der Waals surface area contributed by atoms with E-state index in [2.05, 4.69) is 80.7 Å². The average molecular weight is 343 g/mol. The van der Waals surface area contributed by atoms with Gasteiger partial charge in [-0.05, 0) is 41.0 Å². The van der Waals surface area contributed by atoms with Gasteiger partial charge in [0.2, 0.25) is 0 Å². The highest BCUT2D eigenvalue weighted by Gasteiger charge is 2.55. The zero-order valence-corrected chi connectivity index (χ0v) is 16.4. The average Bonchev–Trinajstić information content (AvgIpc) is 2.96. The third-order valence-electron chi connectivity index (χ3n) is 6.82. The molecule has 3 aliphatic rings. The van der Waals surface area contributed by atoms with Gasteiger partial charge in [-0.25, -0.2) is 0 Å². The quantitative estimate of drug-likeness (QED) is 0.552. The zero-order chi connectivity index (χ0) is 17.2. The summed E-state index contributed by atoms with van der Waals surface area (Å²) >= 11 is 0. The normalized spacial score (nSPS) is 25.6. The van der Waals surface area contributed by atoms with Crippen molar-refractivity contribution in [3.63, 3.8) is 0 Å². The van der Waals surface area contributed by atoms with Gasteiger partial charge < -0.3 is 0 Å². The van der Waals surface area contributed by atoms with Crippen molar-refractivity contribution in [2.75, 3.05) is 0 Å². The third kappa shape index (κ3) is 2.18. The van der Waals surface area contributed by atoms with Crippen LogP contribution in [0.25, 0.3) is 11.3 Å². The molecule has 5 rings (SSSR count). The van der Waals surface area contributed by atoms with Crippen LogP contribution in [0.2, 0.25) is 13.1 Å². The Morgan fingerprint density at radius 1 is 0.960 bits per heavy atom. The molecule has 2 aromatic carbocycles. The van der Waals surface area contributed by atoms with Gasteiger partial charge in [-0.2, -0.15) is 0 Å². The van der Waals surface area contributed by atoms with E-state index in [1.165, 1.54) is 24.0 Å². The minimum Gasteiger partial charge on any atom is -0.0761 e. The van der Waals surface area contributed by atoms with Crippen LogP contribution < -0.4 is 0 Å². The topological polar surface area (TPSA) is 0 Å². The first-order chi connectivity index (χ1) is 12.1. The molecule has 25 heavy (non-hydrogen) atoms. The molecule has 0 aromatic heterocycles. The maximum Gasteiger partial charge on any atom is 0.108 e. The van der Waals surface area contributed by atoms with Gasteiger partial charge in [0.05, 0.1) is 0 Å². The van der Waals surface area contributed by atoms with Gasteiger partial charge in [-0.15, -0.1) is 0 Å². The van der Waals surface area contributed by atoms with Crippen LogP contribution in [0.1, 0.15) is 53.9 Å². The van der Waals surface area contributed by atoms with E-state index in [1.807, 2.05) is 5.20 Å². The van der Waals surface area contributed by atoms with Gasteiger partial charge in [0.1, 0.15) is 8.07 Å². The van der Waals surface area contributed by atoms with Gasteiger partial charge in [0.25, 0.3) is 0 Å². The second-order valence-corrected chi connectivity index (χ2v) is 12.9. The molecule has 1 heterocycles. The van der Waals surface area contributed by atoms with Gasteiger partial charge in [0, 0.05) is 11.8 Å². The van der Waals surface area contributed by atoms with Crippen molar-refractivity contribution in [2.45, 2.75) is 44.7 Å². The standard InChI is InChI=1S/C24H26Si/c1-16(18-15-13-17-8-4-5-9-19(17)18)12-14-22-20-10-6-7-11-21(20)23-24(22)25(23,2)3/h4-11,13,15-16,18,22H,12,14H2,1-3H3. The van der Waals surface area contributed by atoms with Crippen molar-refractivity contribution < 1.29 is 0 Å². The molecule has 0 fully saturated rings. The van der Waals surface area contributed by atoms with E-state index in [0.29, 0.717) is 11.8 Å². The van der Waals surface area contributed by atoms with Crippen molar-refractivity contribution in [3.05, 3.63) is 82.1 Å². The lowest BCUT2D eigenvalue weighted by Gasteiger charge is -2.25. The molecule has 0 N–H and O–H groups in total. The van der Waals surface area contributed by atoms with Crippen LogP contribution in [0.3, 0.4) is 0 Å². The number of benzene rings is 2. The molecule has 0 nitrogen and oxygen atoms in total. The lowest BCUT2D eigenvalue weighted by Crippen LogP contribution is -2.19. The van der Waals surface area contributed by atoms with E-state index in [-0.39, 0.29) is 0 Å². The SMILES string of the molecule is CC(CCC1C2=C(c3ccccc31)[Si]2(C)C)C1C=Cc2ccccc21. The van der Waals surface area contributed by atoms with Crippen molar-refractivity contribution in [1.82, 2.24) is 0 Å². The van der Waals surface area contributed by atoms with Gasteiger partial charge in [0.15, 0.2) is 0 Å². The third-order valence-corrected chi connectivity index (χ3v) is 10.3. The van der Waals surface area contributed by atoms with Crippen LogP contribution in [0.5, 0.6) is 0 Å². The number of hydrogen-bond acceptors (Lipinski definition) is 0. The summed E-state index contributed by atoms with van der Waals surface area (Å²) in [5, 5.41) is 3.65. The highest BCUT2D eigenvalue weighted by atomic mass is 28.3. The summed E-state index contributed by atoms with van der Waals surface area (Å²) in [5.41, 5.74) is 6.17. The molecule has 0 radical (unpaired) electrons. The fourth-order valence-corrected chi connectivity index (χ4v) is 9.58. The van der Waals surface area contributed by atoms with Crippen molar-refractivity contribution in [1.29, 1.82) is 0 Å². The van der Waals surface area contributed by atoms with Gasteiger partial charge >= 0.3 is 0 Å². The Labute approximate surface area is 152 Å². The van der Waals surface area contributed by atoms with E-state index in [0.717, 1.165) is 5.92 Å². The molecule has 2 aliphatic carbocycles. The molecule has 0 amide bonds. The molecule has 126 valence electrons. The van der Waals surface area contributed by atoms with Crippen LogP contribution in [0, 0.1) is 5.92 Å². The van der Waals surface area contributed by atoms with Crippen LogP contribution in [-0.4, -0.2) is 8.07 Å². The summed E-state index contributed by atoms with van der Waals surface area (Å²) in [4.78, 5) is 0. The van der Waals surface area contributed by atoms with E-state index in [1.54, 1.807) is 16.3 Å². The Morgan fingerprint density at radius 2 is 1.68 bits per heavy atom. The molecule has 1 heteroatoms. The monoisotopic (exact) mass is 342 g/mol. The summed E-state index contributed by atoms with van der Waals surface area (Å²) in [6.07, 6.45) is 7.38. The molecule has 3 atom stereocenters. The summed E-state index contributed by atoms with van der Waals surface area (Å²) in [7, 11) is -1.16. The fourth-order valence-electron chi connectivity index (χ4n) is 5.46. The minimum absolute atomic E-state index is 0.603. The lowest BCUT2D eigenvalue weighted by atomic mass is 9.83. The highest BCUT2D eigenvalue weighted by molar-refractivity contribution is 7.13. The largest absolute Gasteiger partial charge is 0.108 e. The molecule has 3 unspecified atom stereocenters. The predicted molar refractivity (Wildman–Crippen MR) is 110 cm³/mol. The number of allylic oxidation sites excluding steroid dienone is 2. The molecule has 0 saturated heterocycles. The van der Waals surface area contributed by atoms with E-state index >= 15 is 0 Å². The van der Waals surface area contributed by atoms with Crippen LogP contribution in [0.4, 0.5) is 0 Å². The maximum atomic E-state index is 2.54. The zero-order valence-electron chi connectivity index (χ0n) is 15.4. The molecule has 0 saturated carbocycles. The molecule has 2 aromatic rings. The Kier molecular flexibility index (Phi) is 3.27. The second-order valence-electron chi connectivity index (χ2n) is 8.62. The van der Waals surface area contributed by atoms with E-state index in [9.17, 15) is 0 Å². The van der Waals surface area contributed by atoms with E-state index < -0.39 is 8.07 Å². The first-order valence-corrected chi connectivity index (χ1v) is 12.7. The smallest absolute Gasteiger partial charge is 0.0761 e. The van der Waals surface area contributed by atoms with E-state index in [4.69, 9.17) is 0 Å². The molecular formula is C24H26Si. The summed E-state index contributed by atoms with van der Waals surface area (Å²) < 4.78 is 0. The first kappa shape index (κ1) is 15.4.